The molecule has 0 aromatic carbocycles. The molecule has 0 aliphatic carbocycles. The van der Waals surface area contributed by atoms with Crippen LogP contribution in [0.5, 0.6) is 0 Å². The fraction of sp³-hybridized carbons (Fsp3) is 0.800. The van der Waals surface area contributed by atoms with Crippen molar-refractivity contribution in [3.63, 3.8) is 0 Å². The Morgan fingerprint density at radius 1 is 1.42 bits per heavy atom. The average molecular weight is 361 g/mol. The van der Waals surface area contributed by atoms with Gasteiger partial charge in [-0.25, -0.2) is 4.63 Å². The second kappa shape index (κ2) is 7.35. The number of carbonyl (C=O) groups excluding carboxylic acids is 1. The smallest absolute Gasteiger partial charge is 0.226 e. The highest BCUT2D eigenvalue weighted by atomic mass is 35.5. The van der Waals surface area contributed by atoms with Crippen molar-refractivity contribution in [1.29, 1.82) is 0 Å². The van der Waals surface area contributed by atoms with E-state index in [-0.39, 0.29) is 36.9 Å². The number of ether oxygens (including phenoxy) is 1. The Hall–Kier alpha value is -1.22. The van der Waals surface area contributed by atoms with E-state index in [0.717, 1.165) is 25.9 Å². The Morgan fingerprint density at radius 2 is 2.12 bits per heavy atom. The van der Waals surface area contributed by atoms with Gasteiger partial charge in [0.1, 0.15) is 17.5 Å². The summed E-state index contributed by atoms with van der Waals surface area (Å²) >= 11 is 0. The quantitative estimate of drug-likeness (QED) is 0.702. The van der Waals surface area contributed by atoms with Crippen LogP contribution in [0.3, 0.4) is 0 Å². The highest BCUT2D eigenvalue weighted by molar-refractivity contribution is 5.85. The Morgan fingerprint density at radius 3 is 2.75 bits per heavy atom. The van der Waals surface area contributed by atoms with Crippen LogP contribution in [0.15, 0.2) is 4.63 Å². The first-order chi connectivity index (χ1) is 10.9. The maximum absolute atomic E-state index is 12.4. The SMILES string of the molecule is Cc1nonc1CC(=O)N[C@@]1(C)CC2(CCNCC2)OC[C@@H]1O.Cl. The normalized spacial score (nSPS) is 29.0. The standard InChI is InChI=1S/C15H24N4O4.ClH/c1-10-11(19-23-18-10)7-13(21)17-14(2)9-15(22-8-12(14)20)3-5-16-6-4-15;/h12,16,20H,3-9H2,1-2H3,(H,17,21);1H/t12-,14-;/m0./s1. The summed E-state index contributed by atoms with van der Waals surface area (Å²) in [6.07, 6.45) is 1.73. The van der Waals surface area contributed by atoms with Crippen molar-refractivity contribution in [1.82, 2.24) is 20.9 Å². The van der Waals surface area contributed by atoms with Gasteiger partial charge in [-0.1, -0.05) is 10.3 Å². The highest BCUT2D eigenvalue weighted by Gasteiger charge is 2.49. The number of aliphatic hydroxyl groups excluding tert-OH is 1. The Balaban J connectivity index is 0.00000208. The molecule has 3 heterocycles. The lowest BCUT2D eigenvalue weighted by molar-refractivity contribution is -0.174. The van der Waals surface area contributed by atoms with Crippen molar-refractivity contribution in [2.75, 3.05) is 19.7 Å². The molecule has 2 saturated heterocycles. The lowest BCUT2D eigenvalue weighted by Gasteiger charge is -2.50. The maximum atomic E-state index is 12.4. The third-order valence-electron chi connectivity index (χ3n) is 4.99. The molecule has 24 heavy (non-hydrogen) atoms. The van der Waals surface area contributed by atoms with Gasteiger partial charge in [-0.05, 0) is 39.8 Å². The number of rotatable bonds is 3. The van der Waals surface area contributed by atoms with Crippen molar-refractivity contribution in [2.24, 2.45) is 0 Å². The zero-order chi connectivity index (χ0) is 16.5. The lowest BCUT2D eigenvalue weighted by Crippen LogP contribution is -2.65. The molecule has 2 fully saturated rings. The molecule has 8 nitrogen and oxygen atoms in total. The zero-order valence-electron chi connectivity index (χ0n) is 14.0. The van der Waals surface area contributed by atoms with E-state index in [1.807, 2.05) is 6.92 Å². The van der Waals surface area contributed by atoms with Gasteiger partial charge in [0.15, 0.2) is 0 Å². The Bertz CT molecular complexity index is 576. The summed E-state index contributed by atoms with van der Waals surface area (Å²) in [7, 11) is 0. The van der Waals surface area contributed by atoms with E-state index in [1.165, 1.54) is 0 Å². The van der Waals surface area contributed by atoms with Crippen LogP contribution in [0.1, 0.15) is 37.6 Å². The summed E-state index contributed by atoms with van der Waals surface area (Å²) in [6.45, 7) is 5.65. The van der Waals surface area contributed by atoms with Crippen LogP contribution in [0.25, 0.3) is 0 Å². The van der Waals surface area contributed by atoms with E-state index in [0.29, 0.717) is 17.8 Å². The third kappa shape index (κ3) is 3.88. The fourth-order valence-electron chi connectivity index (χ4n) is 3.53. The second-order valence-corrected chi connectivity index (χ2v) is 6.88. The van der Waals surface area contributed by atoms with E-state index < -0.39 is 11.6 Å². The van der Waals surface area contributed by atoms with E-state index in [4.69, 9.17) is 4.74 Å². The predicted octanol–water partition coefficient (Wildman–Crippen LogP) is 0.121. The van der Waals surface area contributed by atoms with Crippen LogP contribution in [0.4, 0.5) is 0 Å². The monoisotopic (exact) mass is 360 g/mol. The number of aliphatic hydroxyl groups is 1. The summed E-state index contributed by atoms with van der Waals surface area (Å²) in [4.78, 5) is 12.4. The van der Waals surface area contributed by atoms with Crippen molar-refractivity contribution < 1.29 is 19.3 Å². The predicted molar refractivity (Wildman–Crippen MR) is 87.9 cm³/mol. The fourth-order valence-corrected chi connectivity index (χ4v) is 3.53. The van der Waals surface area contributed by atoms with Gasteiger partial charge in [0.25, 0.3) is 0 Å². The third-order valence-corrected chi connectivity index (χ3v) is 4.99. The molecule has 2 aliphatic rings. The molecule has 1 aromatic heterocycles. The van der Waals surface area contributed by atoms with Gasteiger partial charge in [-0.15, -0.1) is 12.4 Å². The number of amides is 1. The van der Waals surface area contributed by atoms with Gasteiger partial charge in [0, 0.05) is 6.42 Å². The van der Waals surface area contributed by atoms with Crippen LogP contribution in [0, 0.1) is 6.92 Å². The van der Waals surface area contributed by atoms with Crippen LogP contribution in [-0.4, -0.2) is 58.3 Å². The Kier molecular flexibility index (Phi) is 5.85. The minimum absolute atomic E-state index is 0. The van der Waals surface area contributed by atoms with Gasteiger partial charge >= 0.3 is 0 Å². The molecule has 1 aromatic rings. The summed E-state index contributed by atoms with van der Waals surface area (Å²) in [5, 5.41) is 24.1. The average Bonchev–Trinajstić information content (AvgIpc) is 2.89. The molecule has 0 unspecified atom stereocenters. The van der Waals surface area contributed by atoms with Crippen LogP contribution in [-0.2, 0) is 16.0 Å². The topological polar surface area (TPSA) is 110 Å². The number of hydrogen-bond donors (Lipinski definition) is 3. The number of nitrogens with one attached hydrogen (secondary N) is 2. The summed E-state index contributed by atoms with van der Waals surface area (Å²) in [5.41, 5.74) is 0.146. The highest BCUT2D eigenvalue weighted by Crippen LogP contribution is 2.38. The Labute approximate surface area is 147 Å². The number of halogens is 1. The summed E-state index contributed by atoms with van der Waals surface area (Å²) < 4.78 is 10.6. The van der Waals surface area contributed by atoms with Gasteiger partial charge < -0.3 is 20.5 Å². The molecule has 3 rings (SSSR count). The molecule has 2 aliphatic heterocycles. The largest absolute Gasteiger partial charge is 0.388 e. The van der Waals surface area contributed by atoms with E-state index in [1.54, 1.807) is 6.92 Å². The molecule has 1 spiro atoms. The van der Waals surface area contributed by atoms with E-state index >= 15 is 0 Å². The van der Waals surface area contributed by atoms with E-state index in [9.17, 15) is 9.90 Å². The molecule has 2 atom stereocenters. The number of aryl methyl sites for hydroxylation is 1. The zero-order valence-corrected chi connectivity index (χ0v) is 14.8. The maximum Gasteiger partial charge on any atom is 0.226 e. The number of aromatic nitrogens is 2. The molecule has 136 valence electrons. The van der Waals surface area contributed by atoms with Crippen molar-refractivity contribution in [2.45, 2.75) is 56.8 Å². The van der Waals surface area contributed by atoms with Crippen molar-refractivity contribution in [3.05, 3.63) is 11.4 Å². The number of piperidine rings is 1. The van der Waals surface area contributed by atoms with Gasteiger partial charge in [0.05, 0.1) is 24.2 Å². The number of nitrogens with zero attached hydrogens (tertiary/aromatic N) is 2. The first-order valence-corrected chi connectivity index (χ1v) is 8.04. The summed E-state index contributed by atoms with van der Waals surface area (Å²) in [5.74, 6) is -0.198. The molecular weight excluding hydrogens is 336 g/mol. The number of carbonyl (C=O) groups is 1. The lowest BCUT2D eigenvalue weighted by atomic mass is 9.75. The minimum atomic E-state index is -0.733. The molecule has 0 bridgehead atoms. The molecule has 0 radical (unpaired) electrons. The molecule has 0 saturated carbocycles. The minimum Gasteiger partial charge on any atom is -0.388 e. The first-order valence-electron chi connectivity index (χ1n) is 8.04. The molecular formula is C15H25ClN4O4. The van der Waals surface area contributed by atoms with Crippen LogP contribution >= 0.6 is 12.4 Å². The molecule has 9 heteroatoms. The molecule has 1 amide bonds. The second-order valence-electron chi connectivity index (χ2n) is 6.88. The van der Waals surface area contributed by atoms with E-state index in [2.05, 4.69) is 25.6 Å². The first kappa shape index (κ1) is 19.1. The number of hydrogen-bond acceptors (Lipinski definition) is 7. The van der Waals surface area contributed by atoms with Gasteiger partial charge in [-0.3, -0.25) is 4.79 Å². The van der Waals surface area contributed by atoms with Crippen molar-refractivity contribution in [3.8, 4) is 0 Å². The molecule has 3 N–H and O–H groups in total. The van der Waals surface area contributed by atoms with Crippen LogP contribution in [0.2, 0.25) is 0 Å². The van der Waals surface area contributed by atoms with Gasteiger partial charge in [0.2, 0.25) is 5.91 Å². The van der Waals surface area contributed by atoms with Crippen molar-refractivity contribution >= 4 is 18.3 Å². The summed E-state index contributed by atoms with van der Waals surface area (Å²) in [6, 6.07) is 0. The van der Waals surface area contributed by atoms with Gasteiger partial charge in [-0.2, -0.15) is 0 Å². The van der Waals surface area contributed by atoms with Crippen LogP contribution < -0.4 is 10.6 Å².